The minimum absolute atomic E-state index is 0.241. The van der Waals surface area contributed by atoms with Gasteiger partial charge < -0.3 is 5.32 Å². The third kappa shape index (κ3) is 3.71. The summed E-state index contributed by atoms with van der Waals surface area (Å²) in [4.78, 5) is 1.34. The second-order valence-corrected chi connectivity index (χ2v) is 6.89. The highest BCUT2D eigenvalue weighted by Gasteiger charge is 2.18. The molecule has 0 aliphatic carbocycles. The Balaban J connectivity index is 2.56. The summed E-state index contributed by atoms with van der Waals surface area (Å²) in [6.45, 7) is 7.44. The summed E-state index contributed by atoms with van der Waals surface area (Å²) >= 11 is 5.44. The van der Waals surface area contributed by atoms with E-state index in [0.29, 0.717) is 0 Å². The average Bonchev–Trinajstić information content (AvgIpc) is 2.49. The van der Waals surface area contributed by atoms with Crippen LogP contribution in [0.1, 0.15) is 35.2 Å². The normalized spacial score (nSPS) is 12.4. The largest absolute Gasteiger partial charge is 0.306 e. The Morgan fingerprint density at radius 3 is 2.48 bits per heavy atom. The van der Waals surface area contributed by atoms with Gasteiger partial charge in [0.15, 0.2) is 0 Å². The number of halogens is 1. The summed E-state index contributed by atoms with van der Waals surface area (Å²) in [5.41, 5.74) is 5.31. The van der Waals surface area contributed by atoms with Gasteiger partial charge in [-0.25, -0.2) is 0 Å². The van der Waals surface area contributed by atoms with Gasteiger partial charge in [0.2, 0.25) is 0 Å². The van der Waals surface area contributed by atoms with Crippen molar-refractivity contribution in [3.8, 4) is 0 Å². The highest BCUT2D eigenvalue weighted by atomic mass is 79.9. The van der Waals surface area contributed by atoms with E-state index in [-0.39, 0.29) is 6.04 Å². The molecule has 21 heavy (non-hydrogen) atoms. The number of rotatable bonds is 5. The molecule has 0 aromatic heterocycles. The average molecular weight is 364 g/mol. The maximum atomic E-state index is 3.65. The maximum Gasteiger partial charge on any atom is 0.0590 e. The highest BCUT2D eigenvalue weighted by Crippen LogP contribution is 2.33. The molecule has 2 aromatic carbocycles. The highest BCUT2D eigenvalue weighted by molar-refractivity contribution is 9.10. The third-order valence-electron chi connectivity index (χ3n) is 3.72. The lowest BCUT2D eigenvalue weighted by Gasteiger charge is -2.24. The van der Waals surface area contributed by atoms with E-state index in [9.17, 15) is 0 Å². The van der Waals surface area contributed by atoms with Gasteiger partial charge in [0.1, 0.15) is 0 Å². The maximum absolute atomic E-state index is 3.65. The fourth-order valence-corrected chi connectivity index (χ4v) is 3.70. The zero-order valence-corrected chi connectivity index (χ0v) is 15.4. The standard InChI is InChI=1S/C18H22BrNS/c1-5-20-18(14-8-6-7-9-17(14)21-4)15-10-13(3)16(19)11-12(15)2/h6-11,18,20H,5H2,1-4H3. The molecular formula is C18H22BrNS. The van der Waals surface area contributed by atoms with Crippen molar-refractivity contribution in [3.63, 3.8) is 0 Å². The van der Waals surface area contributed by atoms with Gasteiger partial charge in [-0.2, -0.15) is 0 Å². The predicted molar refractivity (Wildman–Crippen MR) is 97.4 cm³/mol. The number of nitrogens with one attached hydrogen (secondary N) is 1. The molecule has 0 fully saturated rings. The molecule has 0 aliphatic rings. The van der Waals surface area contributed by atoms with Gasteiger partial charge in [-0.1, -0.05) is 47.1 Å². The molecule has 1 N–H and O–H groups in total. The van der Waals surface area contributed by atoms with E-state index in [0.717, 1.165) is 6.54 Å². The predicted octanol–water partition coefficient (Wildman–Crippen LogP) is 5.49. The molecular weight excluding hydrogens is 342 g/mol. The van der Waals surface area contributed by atoms with Crippen LogP contribution in [0.2, 0.25) is 0 Å². The van der Waals surface area contributed by atoms with Crippen molar-refractivity contribution in [2.24, 2.45) is 0 Å². The summed E-state index contributed by atoms with van der Waals surface area (Å²) in [6.07, 6.45) is 2.14. The van der Waals surface area contributed by atoms with Crippen LogP contribution in [0.4, 0.5) is 0 Å². The van der Waals surface area contributed by atoms with Gasteiger partial charge >= 0.3 is 0 Å². The first-order chi connectivity index (χ1) is 10.1. The monoisotopic (exact) mass is 363 g/mol. The Morgan fingerprint density at radius 2 is 1.81 bits per heavy atom. The van der Waals surface area contributed by atoms with Gasteiger partial charge in [-0.15, -0.1) is 11.8 Å². The summed E-state index contributed by atoms with van der Waals surface area (Å²) in [7, 11) is 0. The first-order valence-electron chi connectivity index (χ1n) is 7.21. The lowest BCUT2D eigenvalue weighted by atomic mass is 9.93. The molecule has 2 aromatic rings. The van der Waals surface area contributed by atoms with E-state index >= 15 is 0 Å². The van der Waals surface area contributed by atoms with Gasteiger partial charge in [0.05, 0.1) is 6.04 Å². The Morgan fingerprint density at radius 1 is 1.10 bits per heavy atom. The number of hydrogen-bond donors (Lipinski definition) is 1. The van der Waals surface area contributed by atoms with Crippen LogP contribution >= 0.6 is 27.7 Å². The van der Waals surface area contributed by atoms with Crippen molar-refractivity contribution in [1.82, 2.24) is 5.32 Å². The van der Waals surface area contributed by atoms with Crippen LogP contribution < -0.4 is 5.32 Å². The molecule has 0 radical (unpaired) electrons. The van der Waals surface area contributed by atoms with Crippen LogP contribution in [-0.2, 0) is 0 Å². The van der Waals surface area contributed by atoms with Crippen LogP contribution in [0, 0.1) is 13.8 Å². The van der Waals surface area contributed by atoms with Crippen LogP contribution in [0.5, 0.6) is 0 Å². The Bertz CT molecular complexity index is 625. The fourth-order valence-electron chi connectivity index (χ4n) is 2.61. The number of hydrogen-bond acceptors (Lipinski definition) is 2. The van der Waals surface area contributed by atoms with Crippen molar-refractivity contribution >= 4 is 27.7 Å². The van der Waals surface area contributed by atoms with E-state index in [1.807, 2.05) is 11.8 Å². The Hall–Kier alpha value is -0.770. The second kappa shape index (κ2) is 7.48. The molecule has 1 unspecified atom stereocenters. The SMILES string of the molecule is CCNC(c1cc(C)c(Br)cc1C)c1ccccc1SC. The summed E-state index contributed by atoms with van der Waals surface area (Å²) in [6, 6.07) is 13.4. The molecule has 0 bridgehead atoms. The summed E-state index contributed by atoms with van der Waals surface area (Å²) in [5.74, 6) is 0. The van der Waals surface area contributed by atoms with Crippen LogP contribution in [-0.4, -0.2) is 12.8 Å². The van der Waals surface area contributed by atoms with Crippen molar-refractivity contribution in [1.29, 1.82) is 0 Å². The molecule has 0 spiro atoms. The van der Waals surface area contributed by atoms with Crippen LogP contribution in [0.3, 0.4) is 0 Å². The van der Waals surface area contributed by atoms with Crippen LogP contribution in [0.25, 0.3) is 0 Å². The molecule has 0 saturated heterocycles. The van der Waals surface area contributed by atoms with Gasteiger partial charge in [0.25, 0.3) is 0 Å². The molecule has 2 rings (SSSR count). The molecule has 0 aliphatic heterocycles. The molecule has 0 saturated carbocycles. The zero-order chi connectivity index (χ0) is 15.4. The smallest absolute Gasteiger partial charge is 0.0590 e. The summed E-state index contributed by atoms with van der Waals surface area (Å²) in [5, 5.41) is 3.65. The van der Waals surface area contributed by atoms with E-state index in [1.54, 1.807) is 0 Å². The van der Waals surface area contributed by atoms with E-state index in [1.165, 1.54) is 31.6 Å². The summed E-state index contributed by atoms with van der Waals surface area (Å²) < 4.78 is 1.18. The molecule has 0 heterocycles. The second-order valence-electron chi connectivity index (χ2n) is 5.19. The molecule has 3 heteroatoms. The number of aryl methyl sites for hydroxylation is 2. The van der Waals surface area contributed by atoms with Gasteiger partial charge in [0, 0.05) is 9.37 Å². The Labute approximate surface area is 140 Å². The molecule has 1 nitrogen and oxygen atoms in total. The van der Waals surface area contributed by atoms with Crippen molar-refractivity contribution < 1.29 is 0 Å². The van der Waals surface area contributed by atoms with Crippen molar-refractivity contribution in [2.75, 3.05) is 12.8 Å². The first kappa shape index (κ1) is 16.6. The van der Waals surface area contributed by atoms with E-state index < -0.39 is 0 Å². The van der Waals surface area contributed by atoms with E-state index in [2.05, 4.69) is 84.7 Å². The zero-order valence-electron chi connectivity index (χ0n) is 13.0. The lowest BCUT2D eigenvalue weighted by molar-refractivity contribution is 0.619. The van der Waals surface area contributed by atoms with Crippen molar-refractivity contribution in [3.05, 3.63) is 63.1 Å². The van der Waals surface area contributed by atoms with Gasteiger partial charge in [-0.05, 0) is 61.0 Å². The molecule has 1 atom stereocenters. The van der Waals surface area contributed by atoms with E-state index in [4.69, 9.17) is 0 Å². The Kier molecular flexibility index (Phi) is 5.91. The third-order valence-corrected chi connectivity index (χ3v) is 5.38. The van der Waals surface area contributed by atoms with Crippen molar-refractivity contribution in [2.45, 2.75) is 31.7 Å². The van der Waals surface area contributed by atoms with Gasteiger partial charge in [-0.3, -0.25) is 0 Å². The number of thioether (sulfide) groups is 1. The lowest BCUT2D eigenvalue weighted by Crippen LogP contribution is -2.23. The topological polar surface area (TPSA) is 12.0 Å². The van der Waals surface area contributed by atoms with Crippen LogP contribution in [0.15, 0.2) is 45.8 Å². The molecule has 0 amide bonds. The number of benzene rings is 2. The fraction of sp³-hybridized carbons (Fsp3) is 0.333. The first-order valence-corrected chi connectivity index (χ1v) is 9.23. The minimum Gasteiger partial charge on any atom is -0.306 e. The minimum atomic E-state index is 0.241. The quantitative estimate of drug-likeness (QED) is 0.705. The molecule has 112 valence electrons.